The largest absolute Gasteiger partial charge is 0.298 e. The van der Waals surface area contributed by atoms with E-state index in [0.717, 1.165) is 5.56 Å². The van der Waals surface area contributed by atoms with Crippen LogP contribution in [0.5, 0.6) is 0 Å². The Morgan fingerprint density at radius 1 is 0.952 bits per heavy atom. The summed E-state index contributed by atoms with van der Waals surface area (Å²) in [6, 6.07) is 12.8. The van der Waals surface area contributed by atoms with Gasteiger partial charge in [-0.1, -0.05) is 55.7 Å². The van der Waals surface area contributed by atoms with Crippen LogP contribution in [0.3, 0.4) is 0 Å². The highest BCUT2D eigenvalue weighted by molar-refractivity contribution is 5.77. The lowest BCUT2D eigenvalue weighted by atomic mass is 9.83. The lowest BCUT2D eigenvalue weighted by Gasteiger charge is -2.22. The van der Waals surface area contributed by atoms with E-state index in [1.54, 1.807) is 12.1 Å². The van der Waals surface area contributed by atoms with Crippen LogP contribution in [0.4, 0.5) is 4.39 Å². The van der Waals surface area contributed by atoms with Crippen LogP contribution in [-0.2, 0) is 0 Å². The molecule has 0 aliphatic heterocycles. The van der Waals surface area contributed by atoms with E-state index in [0.29, 0.717) is 23.3 Å². The van der Waals surface area contributed by atoms with E-state index in [-0.39, 0.29) is 5.82 Å². The van der Waals surface area contributed by atoms with Gasteiger partial charge in [0.15, 0.2) is 0 Å². The van der Waals surface area contributed by atoms with Crippen LogP contribution in [0.2, 0.25) is 0 Å². The molecule has 21 heavy (non-hydrogen) atoms. The minimum atomic E-state index is -0.343. The number of carbonyl (C=O) groups excluding carboxylic acids is 1. The monoisotopic (exact) mass is 282 g/mol. The van der Waals surface area contributed by atoms with Crippen molar-refractivity contribution in [2.75, 3.05) is 0 Å². The van der Waals surface area contributed by atoms with Gasteiger partial charge in [-0.3, -0.25) is 4.79 Å². The molecular formula is C19H19FO. The maximum atomic E-state index is 14.0. The van der Waals surface area contributed by atoms with Crippen molar-refractivity contribution in [1.29, 1.82) is 0 Å². The zero-order chi connectivity index (χ0) is 14.7. The van der Waals surface area contributed by atoms with E-state index >= 15 is 0 Å². The molecule has 0 aromatic heterocycles. The quantitative estimate of drug-likeness (QED) is 0.693. The van der Waals surface area contributed by atoms with Crippen LogP contribution in [0.15, 0.2) is 42.5 Å². The van der Waals surface area contributed by atoms with Crippen molar-refractivity contribution in [2.24, 2.45) is 0 Å². The van der Waals surface area contributed by atoms with Crippen LogP contribution in [-0.4, -0.2) is 6.29 Å². The molecule has 0 spiro atoms. The fourth-order valence-corrected chi connectivity index (χ4v) is 3.21. The summed E-state index contributed by atoms with van der Waals surface area (Å²) in [4.78, 5) is 10.7. The lowest BCUT2D eigenvalue weighted by Crippen LogP contribution is -2.04. The molecule has 2 aromatic carbocycles. The summed E-state index contributed by atoms with van der Waals surface area (Å²) >= 11 is 0. The molecule has 1 aliphatic rings. The fourth-order valence-electron chi connectivity index (χ4n) is 3.21. The van der Waals surface area contributed by atoms with Crippen molar-refractivity contribution in [3.05, 3.63) is 59.4 Å². The molecule has 2 heteroatoms. The predicted octanol–water partition coefficient (Wildman–Crippen LogP) is 5.35. The molecule has 0 bridgehead atoms. The van der Waals surface area contributed by atoms with Gasteiger partial charge in [-0.2, -0.15) is 0 Å². The molecule has 1 saturated carbocycles. The van der Waals surface area contributed by atoms with Crippen molar-refractivity contribution in [1.82, 2.24) is 0 Å². The normalized spacial score (nSPS) is 15.9. The zero-order valence-electron chi connectivity index (χ0n) is 12.0. The van der Waals surface area contributed by atoms with Crippen molar-refractivity contribution in [3.8, 4) is 11.1 Å². The molecule has 2 aromatic rings. The van der Waals surface area contributed by atoms with Crippen LogP contribution >= 0.6 is 0 Å². The molecule has 0 atom stereocenters. The number of halogens is 1. The van der Waals surface area contributed by atoms with Gasteiger partial charge >= 0.3 is 0 Å². The predicted molar refractivity (Wildman–Crippen MR) is 83.0 cm³/mol. The molecule has 0 heterocycles. The average Bonchev–Trinajstić information content (AvgIpc) is 2.56. The Labute approximate surface area is 124 Å². The SMILES string of the molecule is O=Cc1ccc(-c2ccc(C3CCCCC3)cc2)c(F)c1. The first kappa shape index (κ1) is 14.0. The van der Waals surface area contributed by atoms with Gasteiger partial charge < -0.3 is 0 Å². The first-order valence-electron chi connectivity index (χ1n) is 7.63. The van der Waals surface area contributed by atoms with Gasteiger partial charge in [0.05, 0.1) is 0 Å². The first-order chi connectivity index (χ1) is 10.3. The smallest absolute Gasteiger partial charge is 0.150 e. The van der Waals surface area contributed by atoms with Gasteiger partial charge in [0, 0.05) is 11.1 Å². The number of hydrogen-bond donors (Lipinski definition) is 0. The summed E-state index contributed by atoms with van der Waals surface area (Å²) in [5, 5.41) is 0. The average molecular weight is 282 g/mol. The molecule has 1 aliphatic carbocycles. The summed E-state index contributed by atoms with van der Waals surface area (Å²) in [7, 11) is 0. The van der Waals surface area contributed by atoms with E-state index in [1.165, 1.54) is 43.7 Å². The van der Waals surface area contributed by atoms with Gasteiger partial charge in [0.2, 0.25) is 0 Å². The van der Waals surface area contributed by atoms with E-state index in [2.05, 4.69) is 12.1 Å². The second kappa shape index (κ2) is 6.21. The Kier molecular flexibility index (Phi) is 4.14. The van der Waals surface area contributed by atoms with Gasteiger partial charge in [0.1, 0.15) is 12.1 Å². The zero-order valence-corrected chi connectivity index (χ0v) is 12.0. The fraction of sp³-hybridized carbons (Fsp3) is 0.316. The maximum Gasteiger partial charge on any atom is 0.150 e. The van der Waals surface area contributed by atoms with Crippen LogP contribution < -0.4 is 0 Å². The Balaban J connectivity index is 1.85. The van der Waals surface area contributed by atoms with Gasteiger partial charge in [-0.05, 0) is 36.0 Å². The second-order valence-corrected chi connectivity index (χ2v) is 5.81. The lowest BCUT2D eigenvalue weighted by molar-refractivity contribution is 0.112. The molecule has 1 fully saturated rings. The van der Waals surface area contributed by atoms with E-state index < -0.39 is 0 Å². The first-order valence-corrected chi connectivity index (χ1v) is 7.63. The summed E-state index contributed by atoms with van der Waals surface area (Å²) in [5.74, 6) is 0.320. The number of carbonyl (C=O) groups is 1. The van der Waals surface area contributed by atoms with Gasteiger partial charge in [0.25, 0.3) is 0 Å². The summed E-state index contributed by atoms with van der Waals surface area (Å²) < 4.78 is 14.0. The highest BCUT2D eigenvalue weighted by atomic mass is 19.1. The van der Waals surface area contributed by atoms with E-state index in [4.69, 9.17) is 0 Å². The molecule has 108 valence electrons. The molecule has 0 unspecified atom stereocenters. The maximum absolute atomic E-state index is 14.0. The third-order valence-electron chi connectivity index (χ3n) is 4.43. The number of benzene rings is 2. The number of aldehydes is 1. The molecule has 3 rings (SSSR count). The van der Waals surface area contributed by atoms with Crippen LogP contribution in [0.1, 0.15) is 53.9 Å². The molecule has 1 nitrogen and oxygen atoms in total. The van der Waals surface area contributed by atoms with E-state index in [9.17, 15) is 9.18 Å². The topological polar surface area (TPSA) is 17.1 Å². The molecule has 0 saturated heterocycles. The Morgan fingerprint density at radius 3 is 2.29 bits per heavy atom. The van der Waals surface area contributed by atoms with Crippen LogP contribution in [0, 0.1) is 5.82 Å². The number of rotatable bonds is 3. The Morgan fingerprint density at radius 2 is 1.67 bits per heavy atom. The van der Waals surface area contributed by atoms with Crippen molar-refractivity contribution in [3.63, 3.8) is 0 Å². The minimum absolute atomic E-state index is 0.343. The third kappa shape index (κ3) is 3.05. The van der Waals surface area contributed by atoms with Gasteiger partial charge in [-0.15, -0.1) is 0 Å². The van der Waals surface area contributed by atoms with Crippen molar-refractivity contribution >= 4 is 6.29 Å². The standard InChI is InChI=1S/C19H19FO/c20-19-12-14(13-21)6-11-18(19)17-9-7-16(8-10-17)15-4-2-1-3-5-15/h6-13,15H,1-5H2. The van der Waals surface area contributed by atoms with Crippen molar-refractivity contribution in [2.45, 2.75) is 38.0 Å². The van der Waals surface area contributed by atoms with Crippen molar-refractivity contribution < 1.29 is 9.18 Å². The van der Waals surface area contributed by atoms with Crippen LogP contribution in [0.25, 0.3) is 11.1 Å². The molecule has 0 radical (unpaired) electrons. The number of hydrogen-bond acceptors (Lipinski definition) is 1. The summed E-state index contributed by atoms with van der Waals surface area (Å²) in [6.07, 6.45) is 7.17. The van der Waals surface area contributed by atoms with Gasteiger partial charge in [-0.25, -0.2) is 4.39 Å². The second-order valence-electron chi connectivity index (χ2n) is 5.81. The third-order valence-corrected chi connectivity index (χ3v) is 4.43. The highest BCUT2D eigenvalue weighted by Crippen LogP contribution is 2.33. The van der Waals surface area contributed by atoms with E-state index in [1.807, 2.05) is 12.1 Å². The molecular weight excluding hydrogens is 263 g/mol. The highest BCUT2D eigenvalue weighted by Gasteiger charge is 2.15. The summed E-state index contributed by atoms with van der Waals surface area (Å²) in [5.41, 5.74) is 3.15. The Hall–Kier alpha value is -1.96. The Bertz CT molecular complexity index is 625. The minimum Gasteiger partial charge on any atom is -0.298 e. The molecule has 0 N–H and O–H groups in total. The molecule has 0 amide bonds. The summed E-state index contributed by atoms with van der Waals surface area (Å²) in [6.45, 7) is 0.